The summed E-state index contributed by atoms with van der Waals surface area (Å²) >= 11 is 7.47. The number of benzene rings is 1. The predicted octanol–water partition coefficient (Wildman–Crippen LogP) is 3.42. The van der Waals surface area contributed by atoms with Crippen molar-refractivity contribution in [3.63, 3.8) is 0 Å². The highest BCUT2D eigenvalue weighted by Gasteiger charge is 2.27. The van der Waals surface area contributed by atoms with Crippen molar-refractivity contribution in [3.05, 3.63) is 69.0 Å². The lowest BCUT2D eigenvalue weighted by molar-refractivity contribution is 0.0750. The van der Waals surface area contributed by atoms with E-state index in [1.54, 1.807) is 29.3 Å². The van der Waals surface area contributed by atoms with E-state index in [4.69, 9.17) is 21.1 Å². The molecule has 8 nitrogen and oxygen atoms in total. The number of carbonyl (C=O) groups is 2. The Morgan fingerprint density at radius 3 is 2.70 bits per heavy atom. The largest absolute Gasteiger partial charge is 0.454 e. The first kappa shape index (κ1) is 21.5. The minimum atomic E-state index is -0.209. The van der Waals surface area contributed by atoms with Crippen molar-refractivity contribution >= 4 is 40.6 Å². The standard InChI is InChI=1S/C23H21ClN4O4S/c24-17-5-11-33-20(17)23(30)28-9-7-27(8-10-28)21-16(2-1-6-25-21)22(29)26-13-15-3-4-18-19(12-15)32-14-31-18/h1-6,11-12H,7-10,13-14H2,(H,26,29). The molecule has 1 N–H and O–H groups in total. The van der Waals surface area contributed by atoms with E-state index in [0.717, 1.165) is 5.56 Å². The van der Waals surface area contributed by atoms with Crippen LogP contribution in [0.2, 0.25) is 5.02 Å². The first-order valence-electron chi connectivity index (χ1n) is 10.5. The number of thiophene rings is 1. The minimum absolute atomic E-state index is 0.0580. The number of halogens is 1. The SMILES string of the molecule is O=C(NCc1ccc2c(c1)OCO2)c1cccnc1N1CCN(C(=O)c2sccc2Cl)CC1. The molecular weight excluding hydrogens is 464 g/mol. The van der Waals surface area contributed by atoms with Gasteiger partial charge < -0.3 is 24.6 Å². The fourth-order valence-corrected chi connectivity index (χ4v) is 4.97. The number of rotatable bonds is 5. The summed E-state index contributed by atoms with van der Waals surface area (Å²) in [5.74, 6) is 1.73. The molecule has 1 aromatic carbocycles. The number of hydrogen-bond donors (Lipinski definition) is 1. The van der Waals surface area contributed by atoms with Crippen LogP contribution in [0, 0.1) is 0 Å². The molecule has 1 saturated heterocycles. The Labute approximate surface area is 199 Å². The number of pyridine rings is 1. The predicted molar refractivity (Wildman–Crippen MR) is 125 cm³/mol. The van der Waals surface area contributed by atoms with Gasteiger partial charge >= 0.3 is 0 Å². The molecular formula is C23H21ClN4O4S. The van der Waals surface area contributed by atoms with Crippen molar-refractivity contribution in [3.8, 4) is 11.5 Å². The second-order valence-electron chi connectivity index (χ2n) is 7.62. The Balaban J connectivity index is 1.23. The van der Waals surface area contributed by atoms with Gasteiger partial charge in [0.05, 0.1) is 10.6 Å². The molecule has 5 rings (SSSR count). The second kappa shape index (κ2) is 9.29. The highest BCUT2D eigenvalue weighted by Crippen LogP contribution is 2.32. The first-order valence-corrected chi connectivity index (χ1v) is 11.7. The zero-order chi connectivity index (χ0) is 22.8. The van der Waals surface area contributed by atoms with Crippen LogP contribution < -0.4 is 19.7 Å². The van der Waals surface area contributed by atoms with Gasteiger partial charge in [0.25, 0.3) is 11.8 Å². The molecule has 0 atom stereocenters. The Morgan fingerprint density at radius 2 is 1.91 bits per heavy atom. The number of aromatic nitrogens is 1. The van der Waals surface area contributed by atoms with E-state index in [1.807, 2.05) is 28.5 Å². The van der Waals surface area contributed by atoms with Gasteiger partial charge in [-0.25, -0.2) is 4.98 Å². The van der Waals surface area contributed by atoms with Crippen LogP contribution in [0.1, 0.15) is 25.6 Å². The zero-order valence-electron chi connectivity index (χ0n) is 17.6. The molecule has 0 bridgehead atoms. The van der Waals surface area contributed by atoms with Crippen LogP contribution >= 0.6 is 22.9 Å². The van der Waals surface area contributed by atoms with Crippen LogP contribution in [0.25, 0.3) is 0 Å². The molecule has 3 aromatic rings. The summed E-state index contributed by atoms with van der Waals surface area (Å²) in [5.41, 5.74) is 1.41. The topological polar surface area (TPSA) is 84.0 Å². The minimum Gasteiger partial charge on any atom is -0.454 e. The van der Waals surface area contributed by atoms with Crippen LogP contribution in [0.4, 0.5) is 5.82 Å². The Bertz CT molecular complexity index is 1190. The van der Waals surface area contributed by atoms with Gasteiger partial charge in [-0.05, 0) is 41.3 Å². The lowest BCUT2D eigenvalue weighted by Crippen LogP contribution is -2.49. The number of ether oxygens (including phenoxy) is 2. The lowest BCUT2D eigenvalue weighted by Gasteiger charge is -2.36. The monoisotopic (exact) mass is 484 g/mol. The third-order valence-electron chi connectivity index (χ3n) is 5.60. The van der Waals surface area contributed by atoms with Gasteiger partial charge in [-0.15, -0.1) is 11.3 Å². The molecule has 10 heteroatoms. The van der Waals surface area contributed by atoms with Crippen molar-refractivity contribution < 1.29 is 19.1 Å². The molecule has 2 aromatic heterocycles. The molecule has 2 aliphatic heterocycles. The molecule has 0 saturated carbocycles. The van der Waals surface area contributed by atoms with Crippen molar-refractivity contribution in [1.82, 2.24) is 15.2 Å². The van der Waals surface area contributed by atoms with E-state index in [-0.39, 0.29) is 18.6 Å². The number of carbonyl (C=O) groups excluding carboxylic acids is 2. The van der Waals surface area contributed by atoms with E-state index in [0.29, 0.717) is 65.5 Å². The molecule has 170 valence electrons. The van der Waals surface area contributed by atoms with Crippen LogP contribution in [0.15, 0.2) is 48.0 Å². The van der Waals surface area contributed by atoms with E-state index in [2.05, 4.69) is 10.3 Å². The van der Waals surface area contributed by atoms with Gasteiger partial charge in [-0.1, -0.05) is 17.7 Å². The highest BCUT2D eigenvalue weighted by molar-refractivity contribution is 7.12. The third-order valence-corrected chi connectivity index (χ3v) is 6.93. The van der Waals surface area contributed by atoms with E-state index in [1.165, 1.54) is 11.3 Å². The smallest absolute Gasteiger partial charge is 0.265 e. The number of amides is 2. The fourth-order valence-electron chi connectivity index (χ4n) is 3.87. The van der Waals surface area contributed by atoms with Gasteiger partial charge in [0.1, 0.15) is 10.7 Å². The van der Waals surface area contributed by atoms with Gasteiger partial charge in [0, 0.05) is 38.9 Å². The summed E-state index contributed by atoms with van der Waals surface area (Å²) in [6.07, 6.45) is 1.67. The molecule has 0 unspecified atom stereocenters. The Morgan fingerprint density at radius 1 is 1.09 bits per heavy atom. The Kier molecular flexibility index (Phi) is 6.06. The first-order chi connectivity index (χ1) is 16.1. The second-order valence-corrected chi connectivity index (χ2v) is 8.95. The van der Waals surface area contributed by atoms with Gasteiger partial charge in [-0.3, -0.25) is 9.59 Å². The molecule has 0 spiro atoms. The maximum Gasteiger partial charge on any atom is 0.265 e. The average Bonchev–Trinajstić information content (AvgIpc) is 3.50. The molecule has 1 fully saturated rings. The van der Waals surface area contributed by atoms with Crippen molar-refractivity contribution in [2.75, 3.05) is 37.9 Å². The van der Waals surface area contributed by atoms with E-state index >= 15 is 0 Å². The van der Waals surface area contributed by atoms with Crippen LogP contribution in [0.5, 0.6) is 11.5 Å². The van der Waals surface area contributed by atoms with Crippen molar-refractivity contribution in [1.29, 1.82) is 0 Å². The number of nitrogens with zero attached hydrogens (tertiary/aromatic N) is 3. The lowest BCUT2D eigenvalue weighted by atomic mass is 10.1. The number of nitrogens with one attached hydrogen (secondary N) is 1. The Hall–Kier alpha value is -3.30. The maximum atomic E-state index is 13.0. The van der Waals surface area contributed by atoms with Gasteiger partial charge in [0.15, 0.2) is 11.5 Å². The summed E-state index contributed by atoms with van der Waals surface area (Å²) in [5, 5.41) is 5.26. The third kappa shape index (κ3) is 4.46. The van der Waals surface area contributed by atoms with Crippen LogP contribution in [-0.2, 0) is 6.54 Å². The zero-order valence-corrected chi connectivity index (χ0v) is 19.2. The van der Waals surface area contributed by atoms with E-state index in [9.17, 15) is 9.59 Å². The number of anilines is 1. The number of hydrogen-bond acceptors (Lipinski definition) is 7. The molecule has 4 heterocycles. The number of fused-ring (bicyclic) bond motifs is 1. The van der Waals surface area contributed by atoms with E-state index < -0.39 is 0 Å². The molecule has 0 radical (unpaired) electrons. The quantitative estimate of drug-likeness (QED) is 0.597. The maximum absolute atomic E-state index is 13.0. The van der Waals surface area contributed by atoms with Crippen molar-refractivity contribution in [2.45, 2.75) is 6.54 Å². The highest BCUT2D eigenvalue weighted by atomic mass is 35.5. The van der Waals surface area contributed by atoms with Crippen molar-refractivity contribution in [2.24, 2.45) is 0 Å². The van der Waals surface area contributed by atoms with Gasteiger partial charge in [-0.2, -0.15) is 0 Å². The molecule has 2 aliphatic rings. The van der Waals surface area contributed by atoms with Gasteiger partial charge in [0.2, 0.25) is 6.79 Å². The summed E-state index contributed by atoms with van der Waals surface area (Å²) in [6, 6.07) is 10.8. The molecule has 2 amide bonds. The normalized spacial score (nSPS) is 14.9. The fraction of sp³-hybridized carbons (Fsp3) is 0.261. The summed E-state index contributed by atoms with van der Waals surface area (Å²) in [7, 11) is 0. The summed E-state index contributed by atoms with van der Waals surface area (Å²) in [6.45, 7) is 2.78. The summed E-state index contributed by atoms with van der Waals surface area (Å²) < 4.78 is 10.7. The summed E-state index contributed by atoms with van der Waals surface area (Å²) in [4.78, 5) is 34.5. The van der Waals surface area contributed by atoms with Crippen LogP contribution in [-0.4, -0.2) is 54.7 Å². The average molecular weight is 485 g/mol. The molecule has 0 aliphatic carbocycles. The number of piperazine rings is 1. The molecule has 33 heavy (non-hydrogen) atoms. The van der Waals surface area contributed by atoms with Crippen LogP contribution in [0.3, 0.4) is 0 Å².